The predicted molar refractivity (Wildman–Crippen MR) is 169 cm³/mol. The lowest BCUT2D eigenvalue weighted by molar-refractivity contribution is -0.128. The number of hydrogen-bond acceptors (Lipinski definition) is 4. The number of amides is 1. The highest BCUT2D eigenvalue weighted by atomic mass is 16.2. The second kappa shape index (κ2) is 10.4. The summed E-state index contributed by atoms with van der Waals surface area (Å²) >= 11 is 0. The minimum absolute atomic E-state index is 0.0427. The van der Waals surface area contributed by atoms with Gasteiger partial charge in [0.25, 0.3) is 0 Å². The first-order valence-corrected chi connectivity index (χ1v) is 15.2. The number of rotatable bonds is 7. The highest BCUT2D eigenvalue weighted by molar-refractivity contribution is 6.17. The molecule has 0 saturated carbocycles. The molecular weight excluding hydrogens is 520 g/mol. The van der Waals surface area contributed by atoms with Gasteiger partial charge >= 0.3 is 0 Å². The Labute approximate surface area is 249 Å². The number of ketones is 2. The molecule has 6 rings (SSSR count). The number of carbonyl (C=O) groups excluding carboxylic acids is 3. The number of allylic oxidation sites excluding steroid dienone is 1. The van der Waals surface area contributed by atoms with E-state index in [2.05, 4.69) is 36.2 Å². The molecule has 1 fully saturated rings. The predicted octanol–water partition coefficient (Wildman–Crippen LogP) is 7.40. The van der Waals surface area contributed by atoms with Crippen molar-refractivity contribution in [1.29, 1.82) is 0 Å². The zero-order chi connectivity index (χ0) is 29.8. The molecule has 1 N–H and O–H groups in total. The topological polar surface area (TPSA) is 66.5 Å². The van der Waals surface area contributed by atoms with Crippen LogP contribution in [0.1, 0.15) is 80.9 Å². The molecule has 5 nitrogen and oxygen atoms in total. The average molecular weight is 561 g/mol. The molecule has 0 aromatic heterocycles. The number of nitrogens with zero attached hydrogens (tertiary/aromatic N) is 1. The van der Waals surface area contributed by atoms with Crippen molar-refractivity contribution in [3.8, 4) is 0 Å². The van der Waals surface area contributed by atoms with E-state index >= 15 is 0 Å². The molecule has 1 spiro atoms. The summed E-state index contributed by atoms with van der Waals surface area (Å²) in [5.74, 6) is -1.35. The zero-order valence-corrected chi connectivity index (χ0v) is 25.2. The van der Waals surface area contributed by atoms with Gasteiger partial charge in [-0.15, -0.1) is 0 Å². The number of para-hydroxylation sites is 2. The number of anilines is 2. The monoisotopic (exact) mass is 560 g/mol. The zero-order valence-electron chi connectivity index (χ0n) is 25.2. The molecule has 1 amide bonds. The summed E-state index contributed by atoms with van der Waals surface area (Å²) in [5.41, 5.74) is 4.17. The van der Waals surface area contributed by atoms with Crippen LogP contribution in [-0.4, -0.2) is 29.6 Å². The lowest BCUT2D eigenvalue weighted by Gasteiger charge is -2.39. The average Bonchev–Trinajstić information content (AvgIpc) is 3.44. The van der Waals surface area contributed by atoms with E-state index in [1.54, 1.807) is 0 Å². The number of Topliss-reactive ketones (excluding diaryl/α,β-unsaturated/α-hetero) is 2. The van der Waals surface area contributed by atoms with Gasteiger partial charge in [0.05, 0.1) is 12.0 Å². The van der Waals surface area contributed by atoms with E-state index in [4.69, 9.17) is 0 Å². The van der Waals surface area contributed by atoms with Crippen LogP contribution >= 0.6 is 0 Å². The first-order valence-electron chi connectivity index (χ1n) is 15.2. The first-order chi connectivity index (χ1) is 20.1. The molecule has 0 bridgehead atoms. The van der Waals surface area contributed by atoms with Crippen molar-refractivity contribution in [2.75, 3.05) is 10.2 Å². The van der Waals surface area contributed by atoms with E-state index in [0.717, 1.165) is 41.6 Å². The van der Waals surface area contributed by atoms with Crippen LogP contribution < -0.4 is 10.2 Å². The Kier molecular flexibility index (Phi) is 6.95. The number of benzene rings is 3. The Bertz CT molecular complexity index is 1600. The number of nitrogens with one attached hydrogen (secondary N) is 1. The van der Waals surface area contributed by atoms with Gasteiger partial charge in [-0.25, -0.2) is 0 Å². The number of hydrogen-bond donors (Lipinski definition) is 1. The molecule has 216 valence electrons. The molecule has 4 atom stereocenters. The number of fused-ring (bicyclic) bond motifs is 6. The fourth-order valence-corrected chi connectivity index (χ4v) is 7.43. The fraction of sp³-hybridized carbons (Fsp3) is 0.378. The van der Waals surface area contributed by atoms with Crippen LogP contribution in [0.2, 0.25) is 0 Å². The third-order valence-corrected chi connectivity index (χ3v) is 9.48. The van der Waals surface area contributed by atoms with E-state index in [1.165, 1.54) is 12.0 Å². The minimum atomic E-state index is -1.27. The summed E-state index contributed by atoms with van der Waals surface area (Å²) in [7, 11) is 0. The van der Waals surface area contributed by atoms with E-state index in [-0.39, 0.29) is 17.5 Å². The maximum Gasteiger partial charge on any atom is 0.238 e. The van der Waals surface area contributed by atoms with E-state index in [0.29, 0.717) is 11.3 Å². The first kappa shape index (κ1) is 28.1. The smallest absolute Gasteiger partial charge is 0.238 e. The lowest BCUT2D eigenvalue weighted by atomic mass is 9.63. The second-order valence-corrected chi connectivity index (χ2v) is 13.1. The molecule has 3 aromatic carbocycles. The van der Waals surface area contributed by atoms with Gasteiger partial charge in [0.15, 0.2) is 11.6 Å². The molecule has 3 aliphatic rings. The summed E-state index contributed by atoms with van der Waals surface area (Å²) in [6.07, 6.45) is 6.50. The number of aryl methyl sites for hydroxylation is 1. The largest absolute Gasteiger partial charge is 0.352 e. The summed E-state index contributed by atoms with van der Waals surface area (Å²) < 4.78 is 0. The van der Waals surface area contributed by atoms with Crippen LogP contribution in [0.5, 0.6) is 0 Å². The quantitative estimate of drug-likeness (QED) is 0.242. The van der Waals surface area contributed by atoms with Gasteiger partial charge in [-0.1, -0.05) is 107 Å². The van der Waals surface area contributed by atoms with Crippen molar-refractivity contribution < 1.29 is 14.4 Å². The van der Waals surface area contributed by atoms with Gasteiger partial charge in [-0.05, 0) is 48.6 Å². The Morgan fingerprint density at radius 3 is 2.33 bits per heavy atom. The van der Waals surface area contributed by atoms with E-state index < -0.39 is 28.8 Å². The van der Waals surface area contributed by atoms with Gasteiger partial charge in [-0.3, -0.25) is 14.4 Å². The van der Waals surface area contributed by atoms with Gasteiger partial charge in [-0.2, -0.15) is 0 Å². The van der Waals surface area contributed by atoms with Crippen molar-refractivity contribution in [3.05, 3.63) is 101 Å². The Morgan fingerprint density at radius 1 is 0.929 bits per heavy atom. The van der Waals surface area contributed by atoms with Crippen LogP contribution in [-0.2, 0) is 21.4 Å². The van der Waals surface area contributed by atoms with Crippen molar-refractivity contribution in [1.82, 2.24) is 0 Å². The maximum absolute atomic E-state index is 14.9. The number of carbonyl (C=O) groups is 3. The van der Waals surface area contributed by atoms with Gasteiger partial charge in [0.1, 0.15) is 11.5 Å². The summed E-state index contributed by atoms with van der Waals surface area (Å²) in [6, 6.07) is 22.2. The molecule has 4 unspecified atom stereocenters. The SMILES string of the molecule is CCCCCc1ccc(C(=O)C2C(C(=O)C(C)(C)C)N3c4ccccc4C(C)=CC3C23C(=O)Nc2ccccc23)cc1. The molecule has 42 heavy (non-hydrogen) atoms. The Morgan fingerprint density at radius 2 is 1.62 bits per heavy atom. The third-order valence-electron chi connectivity index (χ3n) is 9.48. The van der Waals surface area contributed by atoms with Crippen molar-refractivity contribution in [2.45, 2.75) is 77.8 Å². The third kappa shape index (κ3) is 4.16. The van der Waals surface area contributed by atoms with Crippen LogP contribution in [0.15, 0.2) is 78.9 Å². The van der Waals surface area contributed by atoms with Gasteiger partial charge < -0.3 is 10.2 Å². The van der Waals surface area contributed by atoms with Crippen molar-refractivity contribution in [3.63, 3.8) is 0 Å². The van der Waals surface area contributed by atoms with Gasteiger partial charge in [0, 0.05) is 27.9 Å². The van der Waals surface area contributed by atoms with Crippen LogP contribution in [0, 0.1) is 11.3 Å². The van der Waals surface area contributed by atoms with Crippen LogP contribution in [0.4, 0.5) is 11.4 Å². The van der Waals surface area contributed by atoms with Crippen molar-refractivity contribution >= 4 is 34.4 Å². The maximum atomic E-state index is 14.9. The Balaban J connectivity index is 1.59. The molecule has 0 aliphatic carbocycles. The summed E-state index contributed by atoms with van der Waals surface area (Å²) in [5, 5.41) is 3.12. The second-order valence-electron chi connectivity index (χ2n) is 13.1. The molecule has 5 heteroatoms. The molecule has 0 radical (unpaired) electrons. The molecule has 1 saturated heterocycles. The van der Waals surface area contributed by atoms with Gasteiger partial charge in [0.2, 0.25) is 5.91 Å². The molecule has 3 aliphatic heterocycles. The van der Waals surface area contributed by atoms with Crippen LogP contribution in [0.3, 0.4) is 0 Å². The normalized spacial score (nSPS) is 24.1. The molecule has 3 heterocycles. The highest BCUT2D eigenvalue weighted by Crippen LogP contribution is 2.59. The number of unbranched alkanes of at least 4 members (excludes halogenated alkanes) is 2. The molecule has 3 aromatic rings. The highest BCUT2D eigenvalue weighted by Gasteiger charge is 2.71. The lowest BCUT2D eigenvalue weighted by Crippen LogP contribution is -2.51. The van der Waals surface area contributed by atoms with E-state index in [1.807, 2.05) is 87.5 Å². The Hall–Kier alpha value is -3.99. The fourth-order valence-electron chi connectivity index (χ4n) is 7.43. The minimum Gasteiger partial charge on any atom is -0.352 e. The van der Waals surface area contributed by atoms with Crippen LogP contribution in [0.25, 0.3) is 5.57 Å². The summed E-state index contributed by atoms with van der Waals surface area (Å²) in [4.78, 5) is 46.1. The van der Waals surface area contributed by atoms with E-state index in [9.17, 15) is 14.4 Å². The molecular formula is C37H40N2O3. The van der Waals surface area contributed by atoms with Crippen molar-refractivity contribution in [2.24, 2.45) is 11.3 Å². The summed E-state index contributed by atoms with van der Waals surface area (Å²) in [6.45, 7) is 9.95. The standard InChI is InChI=1S/C37H40N2O3/c1-6-7-8-13-24-18-20-25(21-19-24)33(40)31-32(34(41)36(3,4)5)39-29-17-12-9-14-26(29)23(2)22-30(39)37(31)27-15-10-11-16-28(27)38-35(37)42/h9-12,14-22,30-32H,6-8,13H2,1-5H3,(H,38,42).